The third-order valence-electron chi connectivity index (χ3n) is 3.45. The van der Waals surface area contributed by atoms with Gasteiger partial charge in [0.05, 0.1) is 6.54 Å². The molecule has 2 heterocycles. The summed E-state index contributed by atoms with van der Waals surface area (Å²) in [5, 5.41) is 6.96. The maximum absolute atomic E-state index is 11.9. The molecule has 0 aliphatic heterocycles. The lowest BCUT2D eigenvalue weighted by molar-refractivity contribution is -0.111. The molecule has 0 atom stereocenters. The molecule has 6 nitrogen and oxygen atoms in total. The average molecular weight is 335 g/mol. The van der Waals surface area contributed by atoms with Gasteiger partial charge in [0.15, 0.2) is 17.4 Å². The van der Waals surface area contributed by atoms with Crippen LogP contribution in [0.3, 0.4) is 0 Å². The molecule has 126 valence electrons. The number of nitrogens with one attached hydrogen (secondary N) is 1. The highest BCUT2D eigenvalue weighted by Gasteiger charge is 2.08. The Hall–Kier alpha value is -3.41. The number of anilines is 1. The first-order valence-electron chi connectivity index (χ1n) is 7.77. The first-order chi connectivity index (χ1) is 12.1. The zero-order chi connectivity index (χ0) is 17.6. The number of benzene rings is 1. The Labute approximate surface area is 144 Å². The first kappa shape index (κ1) is 16.4. The van der Waals surface area contributed by atoms with Crippen molar-refractivity contribution in [1.82, 2.24) is 9.78 Å². The first-order valence-corrected chi connectivity index (χ1v) is 7.77. The largest absolute Gasteiger partial charge is 0.456 e. The lowest BCUT2D eigenvalue weighted by atomic mass is 10.2. The zero-order valence-electron chi connectivity index (χ0n) is 13.7. The summed E-state index contributed by atoms with van der Waals surface area (Å²) >= 11 is 0. The maximum Gasteiger partial charge on any atom is 0.249 e. The second-order valence-corrected chi connectivity index (χ2v) is 5.45. The number of ketones is 1. The number of hydrogen-bond acceptors (Lipinski definition) is 4. The van der Waals surface area contributed by atoms with E-state index < -0.39 is 0 Å². The molecule has 0 bridgehead atoms. The second-order valence-electron chi connectivity index (χ2n) is 5.45. The van der Waals surface area contributed by atoms with Crippen LogP contribution in [-0.2, 0) is 11.3 Å². The molecule has 0 fully saturated rings. The summed E-state index contributed by atoms with van der Waals surface area (Å²) in [6.07, 6.45) is 4.92. The Balaban J connectivity index is 1.58. The summed E-state index contributed by atoms with van der Waals surface area (Å²) in [6, 6.07) is 14.6. The van der Waals surface area contributed by atoms with Gasteiger partial charge in [-0.15, -0.1) is 0 Å². The predicted octanol–water partition coefficient (Wildman–Crippen LogP) is 3.38. The van der Waals surface area contributed by atoms with E-state index in [9.17, 15) is 9.59 Å². The Kier molecular flexibility index (Phi) is 4.89. The van der Waals surface area contributed by atoms with Gasteiger partial charge in [0, 0.05) is 25.3 Å². The highest BCUT2D eigenvalue weighted by Crippen LogP contribution is 2.11. The van der Waals surface area contributed by atoms with Crippen molar-refractivity contribution in [3.05, 3.63) is 77.9 Å². The van der Waals surface area contributed by atoms with Crippen molar-refractivity contribution in [2.24, 2.45) is 0 Å². The summed E-state index contributed by atoms with van der Waals surface area (Å²) in [5.74, 6) is 1.01. The van der Waals surface area contributed by atoms with Crippen molar-refractivity contribution in [2.45, 2.75) is 13.5 Å². The molecule has 0 unspecified atom stereocenters. The number of rotatable bonds is 6. The molecule has 0 saturated carbocycles. The van der Waals surface area contributed by atoms with E-state index in [0.29, 0.717) is 23.9 Å². The lowest BCUT2D eigenvalue weighted by Crippen LogP contribution is -2.09. The molecule has 0 aliphatic carbocycles. The fourth-order valence-corrected chi connectivity index (χ4v) is 2.23. The van der Waals surface area contributed by atoms with Crippen LogP contribution in [0.2, 0.25) is 0 Å². The van der Waals surface area contributed by atoms with Crippen molar-refractivity contribution >= 4 is 23.6 Å². The molecule has 0 saturated heterocycles. The normalized spacial score (nSPS) is 10.9. The third-order valence-corrected chi connectivity index (χ3v) is 3.45. The summed E-state index contributed by atoms with van der Waals surface area (Å²) in [7, 11) is 0. The van der Waals surface area contributed by atoms with Crippen molar-refractivity contribution in [3.8, 4) is 0 Å². The number of carbonyl (C=O) groups is 2. The standard InChI is InChI=1S/C19H17N3O3/c1-14(23)17-9-8-16(25-17)13-22-12-11-18(21-22)20-19(24)10-7-15-5-3-2-4-6-15/h2-12H,13H2,1H3,(H,20,21,24)/b10-7-. The van der Waals surface area contributed by atoms with E-state index in [2.05, 4.69) is 10.4 Å². The van der Waals surface area contributed by atoms with Crippen molar-refractivity contribution in [1.29, 1.82) is 0 Å². The van der Waals surface area contributed by atoms with Gasteiger partial charge in [-0.3, -0.25) is 14.3 Å². The van der Waals surface area contributed by atoms with Gasteiger partial charge < -0.3 is 9.73 Å². The molecule has 3 rings (SSSR count). The van der Waals surface area contributed by atoms with Gasteiger partial charge in [0.2, 0.25) is 5.91 Å². The van der Waals surface area contributed by atoms with E-state index in [0.717, 1.165) is 5.56 Å². The summed E-state index contributed by atoms with van der Waals surface area (Å²) in [5.41, 5.74) is 0.947. The van der Waals surface area contributed by atoms with Crippen LogP contribution in [0.15, 0.2) is 65.2 Å². The lowest BCUT2D eigenvalue weighted by Gasteiger charge is -1.99. The van der Waals surface area contributed by atoms with Crippen LogP contribution in [-0.4, -0.2) is 21.5 Å². The molecule has 6 heteroatoms. The molecule has 0 radical (unpaired) electrons. The van der Waals surface area contributed by atoms with Crippen LogP contribution in [0.5, 0.6) is 0 Å². The molecular weight excluding hydrogens is 318 g/mol. The number of Topliss-reactive ketones (excluding diaryl/α,β-unsaturated/α-hetero) is 1. The number of aromatic nitrogens is 2. The fourth-order valence-electron chi connectivity index (χ4n) is 2.23. The van der Waals surface area contributed by atoms with Crippen molar-refractivity contribution < 1.29 is 14.0 Å². The minimum atomic E-state index is -0.258. The van der Waals surface area contributed by atoms with Crippen molar-refractivity contribution in [2.75, 3.05) is 5.32 Å². The fraction of sp³-hybridized carbons (Fsp3) is 0.105. The molecule has 0 aliphatic rings. The van der Waals surface area contributed by atoms with Gasteiger partial charge in [0.1, 0.15) is 5.76 Å². The summed E-state index contributed by atoms with van der Waals surface area (Å²) in [4.78, 5) is 23.2. The molecule has 0 spiro atoms. The Bertz CT molecular complexity index is 907. The van der Waals surface area contributed by atoms with E-state index in [4.69, 9.17) is 4.42 Å². The van der Waals surface area contributed by atoms with Crippen LogP contribution < -0.4 is 5.32 Å². The minimum absolute atomic E-state index is 0.120. The smallest absolute Gasteiger partial charge is 0.249 e. The maximum atomic E-state index is 11.9. The van der Waals surface area contributed by atoms with Gasteiger partial charge in [-0.05, 0) is 23.8 Å². The number of nitrogens with zero attached hydrogens (tertiary/aromatic N) is 2. The number of hydrogen-bond donors (Lipinski definition) is 1. The highest BCUT2D eigenvalue weighted by atomic mass is 16.3. The highest BCUT2D eigenvalue weighted by molar-refractivity contribution is 6.01. The van der Waals surface area contributed by atoms with Crippen LogP contribution in [0.1, 0.15) is 28.8 Å². The zero-order valence-corrected chi connectivity index (χ0v) is 13.7. The van der Waals surface area contributed by atoms with Crippen LogP contribution in [0.25, 0.3) is 6.08 Å². The summed E-state index contributed by atoms with van der Waals surface area (Å²) < 4.78 is 7.04. The molecule has 25 heavy (non-hydrogen) atoms. The minimum Gasteiger partial charge on any atom is -0.456 e. The van der Waals surface area contributed by atoms with Crippen LogP contribution in [0.4, 0.5) is 5.82 Å². The SMILES string of the molecule is CC(=O)c1ccc(Cn2ccc(NC(=O)/C=C\c3ccccc3)n2)o1. The van der Waals surface area contributed by atoms with Crippen LogP contribution >= 0.6 is 0 Å². The molecule has 1 N–H and O–H groups in total. The Morgan fingerprint density at radius 3 is 2.68 bits per heavy atom. The number of furan rings is 1. The summed E-state index contributed by atoms with van der Waals surface area (Å²) in [6.45, 7) is 1.83. The topological polar surface area (TPSA) is 77.1 Å². The monoisotopic (exact) mass is 335 g/mol. The van der Waals surface area contributed by atoms with E-state index in [1.807, 2.05) is 30.3 Å². The van der Waals surface area contributed by atoms with Crippen LogP contribution in [0, 0.1) is 0 Å². The van der Waals surface area contributed by atoms with Gasteiger partial charge in [0.25, 0.3) is 0 Å². The quantitative estimate of drug-likeness (QED) is 0.553. The van der Waals surface area contributed by atoms with E-state index in [1.54, 1.807) is 35.2 Å². The van der Waals surface area contributed by atoms with E-state index in [1.165, 1.54) is 13.0 Å². The molecule has 2 aromatic heterocycles. The number of carbonyl (C=O) groups excluding carboxylic acids is 2. The van der Waals surface area contributed by atoms with Gasteiger partial charge in [-0.25, -0.2) is 0 Å². The van der Waals surface area contributed by atoms with Gasteiger partial charge >= 0.3 is 0 Å². The molecule has 3 aromatic rings. The average Bonchev–Trinajstić information content (AvgIpc) is 3.24. The molecule has 1 aromatic carbocycles. The van der Waals surface area contributed by atoms with Gasteiger partial charge in [-0.1, -0.05) is 30.3 Å². The predicted molar refractivity (Wildman–Crippen MR) is 94.1 cm³/mol. The number of amides is 1. The molecular formula is C19H17N3O3. The Morgan fingerprint density at radius 2 is 1.96 bits per heavy atom. The van der Waals surface area contributed by atoms with E-state index >= 15 is 0 Å². The van der Waals surface area contributed by atoms with Gasteiger partial charge in [-0.2, -0.15) is 5.10 Å². The Morgan fingerprint density at radius 1 is 1.16 bits per heavy atom. The third kappa shape index (κ3) is 4.54. The van der Waals surface area contributed by atoms with E-state index in [-0.39, 0.29) is 11.7 Å². The molecule has 1 amide bonds. The second kappa shape index (κ2) is 7.44. The van der Waals surface area contributed by atoms with Crippen molar-refractivity contribution in [3.63, 3.8) is 0 Å².